The van der Waals surface area contributed by atoms with Crippen LogP contribution in [0.1, 0.15) is 18.5 Å². The number of nitrogens with two attached hydrogens (primary N) is 1. The first kappa shape index (κ1) is 15.5. The second-order valence-electron chi connectivity index (χ2n) is 5.00. The van der Waals surface area contributed by atoms with Gasteiger partial charge < -0.3 is 14.8 Å². The Morgan fingerprint density at radius 2 is 1.52 bits per heavy atom. The van der Waals surface area contributed by atoms with Crippen LogP contribution in [0, 0.1) is 0 Å². The van der Waals surface area contributed by atoms with Crippen LogP contribution < -0.4 is 10.1 Å². The molecule has 0 radical (unpaired) electrons. The zero-order valence-electron chi connectivity index (χ0n) is 12.6. The van der Waals surface area contributed by atoms with E-state index in [9.17, 15) is 0 Å². The summed E-state index contributed by atoms with van der Waals surface area (Å²) >= 11 is 0. The van der Waals surface area contributed by atoms with Gasteiger partial charge in [-0.15, -0.1) is 0 Å². The van der Waals surface area contributed by atoms with Crippen molar-refractivity contribution < 1.29 is 14.8 Å². The van der Waals surface area contributed by atoms with E-state index in [-0.39, 0.29) is 0 Å². The van der Waals surface area contributed by atoms with Crippen LogP contribution in [0.5, 0.6) is 5.75 Å². The van der Waals surface area contributed by atoms with Crippen LogP contribution in [0.3, 0.4) is 0 Å². The minimum atomic E-state index is 0.468. The highest BCUT2D eigenvalue weighted by molar-refractivity contribution is 5.20. The van der Waals surface area contributed by atoms with Crippen LogP contribution in [0.2, 0.25) is 0 Å². The van der Waals surface area contributed by atoms with E-state index < -0.39 is 0 Å². The van der Waals surface area contributed by atoms with Crippen molar-refractivity contribution in [3.8, 4) is 5.75 Å². The first-order valence-electron chi connectivity index (χ1n) is 7.50. The van der Waals surface area contributed by atoms with Crippen LogP contribution in [0.25, 0.3) is 0 Å². The Balaban J connectivity index is 1.50. The maximum absolute atomic E-state index is 5.59. The lowest BCUT2D eigenvalue weighted by Crippen LogP contribution is -2.85. The summed E-state index contributed by atoms with van der Waals surface area (Å²) in [6, 6.07) is 20.8. The summed E-state index contributed by atoms with van der Waals surface area (Å²) < 4.78 is 11.2. The molecule has 0 unspecified atom stereocenters. The summed E-state index contributed by atoms with van der Waals surface area (Å²) in [5, 5.41) is 2.30. The van der Waals surface area contributed by atoms with Crippen molar-refractivity contribution in [1.82, 2.24) is 0 Å². The summed E-state index contributed by atoms with van der Waals surface area (Å²) in [5.74, 6) is 0.894. The normalized spacial score (nSPS) is 12.0. The van der Waals surface area contributed by atoms with Gasteiger partial charge in [-0.25, -0.2) is 0 Å². The van der Waals surface area contributed by atoms with Crippen molar-refractivity contribution in [3.63, 3.8) is 0 Å². The molecule has 0 bridgehead atoms. The van der Waals surface area contributed by atoms with Gasteiger partial charge in [0.15, 0.2) is 0 Å². The molecule has 0 aliphatic carbocycles. The number of ether oxygens (including phenoxy) is 2. The van der Waals surface area contributed by atoms with Gasteiger partial charge in [0, 0.05) is 5.56 Å². The van der Waals surface area contributed by atoms with Crippen molar-refractivity contribution in [1.29, 1.82) is 0 Å². The van der Waals surface area contributed by atoms with E-state index in [4.69, 9.17) is 9.47 Å². The van der Waals surface area contributed by atoms with Crippen molar-refractivity contribution in [3.05, 3.63) is 66.2 Å². The molecule has 0 fully saturated rings. The summed E-state index contributed by atoms with van der Waals surface area (Å²) in [7, 11) is 0. The van der Waals surface area contributed by atoms with Crippen molar-refractivity contribution in [2.24, 2.45) is 0 Å². The number of hydrogen-bond donors (Lipinski definition) is 1. The van der Waals surface area contributed by atoms with E-state index in [1.807, 2.05) is 36.4 Å². The number of hydrogen-bond acceptors (Lipinski definition) is 2. The number of rotatable bonds is 9. The van der Waals surface area contributed by atoms with Crippen LogP contribution >= 0.6 is 0 Å². The lowest BCUT2D eigenvalue weighted by molar-refractivity contribution is -0.693. The molecule has 2 aromatic rings. The maximum Gasteiger partial charge on any atom is 0.119 e. The van der Waals surface area contributed by atoms with Gasteiger partial charge in [-0.1, -0.05) is 48.5 Å². The molecule has 112 valence electrons. The molecule has 1 atom stereocenters. The fraction of sp³-hybridized carbons (Fsp3) is 0.333. The van der Waals surface area contributed by atoms with Crippen LogP contribution in [0.15, 0.2) is 60.7 Å². The highest BCUT2D eigenvalue weighted by Crippen LogP contribution is 2.07. The van der Waals surface area contributed by atoms with E-state index in [1.54, 1.807) is 0 Å². The third-order valence-corrected chi connectivity index (χ3v) is 3.35. The van der Waals surface area contributed by atoms with Gasteiger partial charge >= 0.3 is 0 Å². The molecular formula is C18H24NO2+. The molecule has 21 heavy (non-hydrogen) atoms. The molecule has 3 nitrogen and oxygen atoms in total. The van der Waals surface area contributed by atoms with Crippen LogP contribution in [-0.2, 0) is 4.74 Å². The molecule has 0 saturated carbocycles. The number of para-hydroxylation sites is 1. The van der Waals surface area contributed by atoms with Gasteiger partial charge in [0.2, 0.25) is 0 Å². The van der Waals surface area contributed by atoms with Crippen molar-refractivity contribution in [2.75, 3.05) is 26.4 Å². The predicted molar refractivity (Wildman–Crippen MR) is 84.4 cm³/mol. The zero-order chi connectivity index (χ0) is 14.8. The third-order valence-electron chi connectivity index (χ3n) is 3.35. The molecule has 2 rings (SSSR count). The smallest absolute Gasteiger partial charge is 0.119 e. The van der Waals surface area contributed by atoms with Gasteiger partial charge in [0.25, 0.3) is 0 Å². The second kappa shape index (κ2) is 9.16. The van der Waals surface area contributed by atoms with E-state index >= 15 is 0 Å². The summed E-state index contributed by atoms with van der Waals surface area (Å²) in [4.78, 5) is 0. The average Bonchev–Trinajstić information content (AvgIpc) is 2.55. The highest BCUT2D eigenvalue weighted by Gasteiger charge is 2.06. The van der Waals surface area contributed by atoms with Crippen LogP contribution in [-0.4, -0.2) is 26.4 Å². The summed E-state index contributed by atoms with van der Waals surface area (Å²) in [6.07, 6.45) is 0. The second-order valence-corrected chi connectivity index (χ2v) is 5.00. The topological polar surface area (TPSA) is 35.1 Å². The van der Waals surface area contributed by atoms with Gasteiger partial charge in [-0.2, -0.15) is 0 Å². The SMILES string of the molecule is C[C@@H]([NH2+]CCOCCOc1ccccc1)c1ccccc1. The van der Waals surface area contributed by atoms with Gasteiger partial charge in [0.1, 0.15) is 18.4 Å². The molecule has 0 heterocycles. The maximum atomic E-state index is 5.59. The quantitative estimate of drug-likeness (QED) is 0.718. The van der Waals surface area contributed by atoms with E-state index in [2.05, 4.69) is 36.5 Å². The minimum Gasteiger partial charge on any atom is -0.491 e. The monoisotopic (exact) mass is 286 g/mol. The largest absolute Gasteiger partial charge is 0.491 e. The van der Waals surface area contributed by atoms with E-state index in [0.29, 0.717) is 19.3 Å². The molecular weight excluding hydrogens is 262 g/mol. The number of quaternary nitrogens is 1. The molecule has 0 spiro atoms. The first-order valence-corrected chi connectivity index (χ1v) is 7.50. The Bertz CT molecular complexity index is 487. The lowest BCUT2D eigenvalue weighted by atomic mass is 10.1. The molecule has 0 amide bonds. The molecule has 0 aliphatic heterocycles. The Morgan fingerprint density at radius 1 is 0.857 bits per heavy atom. The lowest BCUT2D eigenvalue weighted by Gasteiger charge is -2.11. The Labute approximate surface area is 126 Å². The molecule has 2 aromatic carbocycles. The summed E-state index contributed by atoms with van der Waals surface area (Å²) in [6.45, 7) is 5.14. The van der Waals surface area contributed by atoms with E-state index in [0.717, 1.165) is 18.9 Å². The number of benzene rings is 2. The van der Waals surface area contributed by atoms with Gasteiger partial charge in [-0.3, -0.25) is 0 Å². The fourth-order valence-corrected chi connectivity index (χ4v) is 2.13. The van der Waals surface area contributed by atoms with Crippen LogP contribution in [0.4, 0.5) is 0 Å². The molecule has 0 aromatic heterocycles. The fourth-order valence-electron chi connectivity index (χ4n) is 2.13. The third kappa shape index (κ3) is 5.98. The molecule has 0 saturated heterocycles. The minimum absolute atomic E-state index is 0.468. The predicted octanol–water partition coefficient (Wildman–Crippen LogP) is 2.41. The average molecular weight is 286 g/mol. The zero-order valence-corrected chi connectivity index (χ0v) is 12.6. The Morgan fingerprint density at radius 3 is 2.24 bits per heavy atom. The van der Waals surface area contributed by atoms with E-state index in [1.165, 1.54) is 5.56 Å². The Kier molecular flexibility index (Phi) is 6.78. The van der Waals surface area contributed by atoms with Gasteiger partial charge in [-0.05, 0) is 19.1 Å². The Hall–Kier alpha value is -1.84. The molecule has 0 aliphatic rings. The first-order chi connectivity index (χ1) is 10.4. The standard InChI is InChI=1S/C18H23NO2/c1-16(17-8-4-2-5-9-17)19-12-13-20-14-15-21-18-10-6-3-7-11-18/h2-11,16,19H,12-15H2,1H3/p+1/t16-/m1/s1. The van der Waals surface area contributed by atoms with Crippen molar-refractivity contribution >= 4 is 0 Å². The molecule has 3 heteroatoms. The van der Waals surface area contributed by atoms with Crippen molar-refractivity contribution in [2.45, 2.75) is 13.0 Å². The highest BCUT2D eigenvalue weighted by atomic mass is 16.5. The van der Waals surface area contributed by atoms with Gasteiger partial charge in [0.05, 0.1) is 19.8 Å². The molecule has 2 N–H and O–H groups in total. The summed E-state index contributed by atoms with van der Waals surface area (Å²) in [5.41, 5.74) is 1.35.